The molecule has 1 aromatic heterocycles. The molecule has 5 nitrogen and oxygen atoms in total. The molecule has 5 heteroatoms. The fourth-order valence-electron chi connectivity index (χ4n) is 3.19. The lowest BCUT2D eigenvalue weighted by atomic mass is 10.1. The number of fused-ring (bicyclic) bond motifs is 1. The van der Waals surface area contributed by atoms with Crippen molar-refractivity contribution in [1.29, 1.82) is 0 Å². The van der Waals surface area contributed by atoms with Crippen molar-refractivity contribution in [2.45, 2.75) is 13.2 Å². The summed E-state index contributed by atoms with van der Waals surface area (Å²) in [5.41, 5.74) is 1.33. The lowest BCUT2D eigenvalue weighted by Crippen LogP contribution is -2.22. The summed E-state index contributed by atoms with van der Waals surface area (Å²) in [6.45, 7) is 0.621. The van der Waals surface area contributed by atoms with Crippen molar-refractivity contribution in [2.24, 2.45) is 0 Å². The monoisotopic (exact) mass is 387 g/mol. The second-order valence-corrected chi connectivity index (χ2v) is 6.55. The zero-order chi connectivity index (χ0) is 20.1. The Morgan fingerprint density at radius 2 is 1.83 bits per heavy atom. The predicted octanol–water partition coefficient (Wildman–Crippen LogP) is 4.95. The van der Waals surface area contributed by atoms with Gasteiger partial charge in [-0.25, -0.2) is 0 Å². The van der Waals surface area contributed by atoms with E-state index in [1.54, 1.807) is 37.6 Å². The number of nitrogens with one attached hydrogen (secondary N) is 1. The summed E-state index contributed by atoms with van der Waals surface area (Å²) in [5.74, 6) is 1.98. The van der Waals surface area contributed by atoms with Crippen LogP contribution in [0.1, 0.15) is 21.7 Å². The van der Waals surface area contributed by atoms with Crippen LogP contribution in [0.5, 0.6) is 11.5 Å². The van der Waals surface area contributed by atoms with Crippen LogP contribution < -0.4 is 14.8 Å². The number of ether oxygens (including phenoxy) is 2. The largest absolute Gasteiger partial charge is 0.496 e. The van der Waals surface area contributed by atoms with E-state index in [2.05, 4.69) is 5.32 Å². The Hall–Kier alpha value is -3.73. The molecule has 0 spiro atoms. The summed E-state index contributed by atoms with van der Waals surface area (Å²) in [5, 5.41) is 5.01. The molecule has 1 amide bonds. The molecule has 0 aliphatic carbocycles. The first-order valence-electron chi connectivity index (χ1n) is 9.32. The van der Waals surface area contributed by atoms with Crippen molar-refractivity contribution in [3.63, 3.8) is 0 Å². The molecule has 29 heavy (non-hydrogen) atoms. The summed E-state index contributed by atoms with van der Waals surface area (Å²) < 4.78 is 16.8. The highest BCUT2D eigenvalue weighted by molar-refractivity contribution is 5.94. The quantitative estimate of drug-likeness (QED) is 0.487. The zero-order valence-electron chi connectivity index (χ0n) is 16.1. The van der Waals surface area contributed by atoms with Gasteiger partial charge in [-0.1, -0.05) is 36.4 Å². The molecule has 0 atom stereocenters. The van der Waals surface area contributed by atoms with Gasteiger partial charge in [-0.15, -0.1) is 0 Å². The second-order valence-electron chi connectivity index (χ2n) is 6.55. The van der Waals surface area contributed by atoms with E-state index in [4.69, 9.17) is 13.9 Å². The van der Waals surface area contributed by atoms with E-state index in [-0.39, 0.29) is 12.5 Å². The van der Waals surface area contributed by atoms with E-state index >= 15 is 0 Å². The van der Waals surface area contributed by atoms with Gasteiger partial charge in [0.2, 0.25) is 0 Å². The lowest BCUT2D eigenvalue weighted by Gasteiger charge is -2.13. The highest BCUT2D eigenvalue weighted by Crippen LogP contribution is 2.28. The highest BCUT2D eigenvalue weighted by Gasteiger charge is 2.12. The maximum Gasteiger partial charge on any atom is 0.251 e. The highest BCUT2D eigenvalue weighted by atomic mass is 16.5. The normalized spacial score (nSPS) is 10.7. The van der Waals surface area contributed by atoms with E-state index < -0.39 is 0 Å². The van der Waals surface area contributed by atoms with E-state index in [0.717, 1.165) is 22.1 Å². The Balaban J connectivity index is 1.51. The SMILES string of the molecule is COc1ccc(C(=O)NCc2ccco2)cc1COc1cccc2ccccc12. The fourth-order valence-corrected chi connectivity index (χ4v) is 3.19. The molecule has 0 fully saturated rings. The van der Waals surface area contributed by atoms with Gasteiger partial charge in [0.25, 0.3) is 5.91 Å². The first kappa shape index (κ1) is 18.6. The van der Waals surface area contributed by atoms with E-state index in [1.165, 1.54) is 0 Å². The molecule has 0 bridgehead atoms. The molecule has 0 saturated heterocycles. The smallest absolute Gasteiger partial charge is 0.251 e. The zero-order valence-corrected chi connectivity index (χ0v) is 16.1. The minimum atomic E-state index is -0.185. The minimum absolute atomic E-state index is 0.185. The predicted molar refractivity (Wildman–Crippen MR) is 111 cm³/mol. The van der Waals surface area contributed by atoms with Gasteiger partial charge in [-0.3, -0.25) is 4.79 Å². The molecule has 0 aliphatic heterocycles. The van der Waals surface area contributed by atoms with Crippen molar-refractivity contribution in [3.05, 3.63) is 95.9 Å². The number of carbonyl (C=O) groups excluding carboxylic acids is 1. The summed E-state index contributed by atoms with van der Waals surface area (Å²) in [6.07, 6.45) is 1.58. The fraction of sp³-hybridized carbons (Fsp3) is 0.125. The van der Waals surface area contributed by atoms with Crippen molar-refractivity contribution in [2.75, 3.05) is 7.11 Å². The van der Waals surface area contributed by atoms with Crippen molar-refractivity contribution < 1.29 is 18.7 Å². The number of amides is 1. The molecule has 0 saturated carbocycles. The number of hydrogen-bond acceptors (Lipinski definition) is 4. The molecule has 146 valence electrons. The Labute approximate surface area is 168 Å². The Kier molecular flexibility index (Phi) is 5.47. The Morgan fingerprint density at radius 3 is 2.66 bits per heavy atom. The maximum atomic E-state index is 12.5. The van der Waals surface area contributed by atoms with Crippen LogP contribution in [0.2, 0.25) is 0 Å². The molecular formula is C24H21NO4. The lowest BCUT2D eigenvalue weighted by molar-refractivity contribution is 0.0948. The van der Waals surface area contributed by atoms with Gasteiger partial charge in [-0.05, 0) is 41.8 Å². The molecule has 0 radical (unpaired) electrons. The first-order chi connectivity index (χ1) is 14.2. The van der Waals surface area contributed by atoms with Crippen molar-refractivity contribution >= 4 is 16.7 Å². The van der Waals surface area contributed by atoms with Crippen molar-refractivity contribution in [3.8, 4) is 11.5 Å². The van der Waals surface area contributed by atoms with Crippen LogP contribution in [0.25, 0.3) is 10.8 Å². The standard InChI is InChI=1S/C24H21NO4/c1-27-22-12-11-18(24(26)25-15-20-8-5-13-28-20)14-19(22)16-29-23-10-4-7-17-6-2-3-9-21(17)23/h2-14H,15-16H2,1H3,(H,25,26). The maximum absolute atomic E-state index is 12.5. The van der Waals surface area contributed by atoms with Crippen LogP contribution in [0.3, 0.4) is 0 Å². The topological polar surface area (TPSA) is 60.7 Å². The van der Waals surface area contributed by atoms with Crippen LogP contribution in [0.4, 0.5) is 0 Å². The molecule has 0 unspecified atom stereocenters. The van der Waals surface area contributed by atoms with Crippen LogP contribution in [0.15, 0.2) is 83.5 Å². The average molecular weight is 387 g/mol. The van der Waals surface area contributed by atoms with Gasteiger partial charge >= 0.3 is 0 Å². The van der Waals surface area contributed by atoms with E-state index in [1.807, 2.05) is 48.5 Å². The van der Waals surface area contributed by atoms with E-state index in [0.29, 0.717) is 23.6 Å². The summed E-state index contributed by atoms with van der Waals surface area (Å²) in [4.78, 5) is 12.5. The first-order valence-corrected chi connectivity index (χ1v) is 9.32. The van der Waals surface area contributed by atoms with Crippen molar-refractivity contribution in [1.82, 2.24) is 5.32 Å². The number of benzene rings is 3. The number of rotatable bonds is 7. The van der Waals surface area contributed by atoms with Crippen LogP contribution >= 0.6 is 0 Å². The average Bonchev–Trinajstić information content (AvgIpc) is 3.29. The summed E-state index contributed by atoms with van der Waals surface area (Å²) >= 11 is 0. The molecule has 1 heterocycles. The summed E-state index contributed by atoms with van der Waals surface area (Å²) in [6, 6.07) is 22.9. The van der Waals surface area contributed by atoms with Crippen LogP contribution in [-0.4, -0.2) is 13.0 Å². The van der Waals surface area contributed by atoms with Crippen LogP contribution in [0, 0.1) is 0 Å². The van der Waals surface area contributed by atoms with Gasteiger partial charge in [-0.2, -0.15) is 0 Å². The third kappa shape index (κ3) is 4.24. The molecule has 4 rings (SSSR count). The third-order valence-corrected chi connectivity index (χ3v) is 4.68. The van der Waals surface area contributed by atoms with Gasteiger partial charge in [0.1, 0.15) is 23.9 Å². The minimum Gasteiger partial charge on any atom is -0.496 e. The van der Waals surface area contributed by atoms with Gasteiger partial charge < -0.3 is 19.2 Å². The van der Waals surface area contributed by atoms with Gasteiger partial charge in [0, 0.05) is 16.5 Å². The Morgan fingerprint density at radius 1 is 0.966 bits per heavy atom. The molecule has 0 aliphatic rings. The number of hydrogen-bond donors (Lipinski definition) is 1. The number of methoxy groups -OCH3 is 1. The number of furan rings is 1. The van der Waals surface area contributed by atoms with Gasteiger partial charge in [0.05, 0.1) is 19.9 Å². The number of carbonyl (C=O) groups is 1. The molecule has 3 aromatic carbocycles. The Bertz CT molecular complexity index is 1110. The second kappa shape index (κ2) is 8.52. The third-order valence-electron chi connectivity index (χ3n) is 4.68. The molecule has 4 aromatic rings. The summed E-state index contributed by atoms with van der Waals surface area (Å²) in [7, 11) is 1.60. The van der Waals surface area contributed by atoms with Crippen LogP contribution in [-0.2, 0) is 13.2 Å². The van der Waals surface area contributed by atoms with Gasteiger partial charge in [0.15, 0.2) is 0 Å². The molecular weight excluding hydrogens is 366 g/mol. The van der Waals surface area contributed by atoms with E-state index in [9.17, 15) is 4.79 Å². The molecule has 1 N–H and O–H groups in total.